The molecule has 2 spiro atoms. The molecular formula is C33H44O11. The van der Waals surface area contributed by atoms with Gasteiger partial charge in [-0.15, -0.1) is 0 Å². The SMILES string of the molecule is CC(=O)O[C@@H](C)[C@H]1/C=C/C=C\C(=O)O[C@@H]2C[C@H]3O[C@@H]4C=C(C)CC[C@]4(COC(=O)[C@@H](OC(C)=O)[C@H](C)CCO1)[C@]2(C)C31CO1. The molecule has 0 radical (unpaired) electrons. The molecule has 5 rings (SSSR count). The predicted octanol–water partition coefficient (Wildman–Crippen LogP) is 3.54. The molecule has 242 valence electrons. The molecule has 3 fully saturated rings. The number of carbonyl (C=O) groups is 4. The lowest BCUT2D eigenvalue weighted by Gasteiger charge is -2.58. The lowest BCUT2D eigenvalue weighted by molar-refractivity contribution is -0.235. The molecule has 1 unspecified atom stereocenters. The van der Waals surface area contributed by atoms with E-state index in [-0.39, 0.29) is 25.4 Å². The van der Waals surface area contributed by atoms with Crippen molar-refractivity contribution in [3.8, 4) is 0 Å². The van der Waals surface area contributed by atoms with Gasteiger partial charge in [0.2, 0.25) is 6.10 Å². The third-order valence-corrected chi connectivity index (χ3v) is 10.3. The second kappa shape index (κ2) is 12.4. The summed E-state index contributed by atoms with van der Waals surface area (Å²) in [5, 5.41) is 0. The van der Waals surface area contributed by atoms with E-state index >= 15 is 0 Å². The maximum absolute atomic E-state index is 13.7. The minimum absolute atomic E-state index is 0.0236. The number of epoxide rings is 1. The van der Waals surface area contributed by atoms with E-state index in [0.29, 0.717) is 25.9 Å². The summed E-state index contributed by atoms with van der Waals surface area (Å²) >= 11 is 0. The summed E-state index contributed by atoms with van der Waals surface area (Å²) < 4.78 is 41.9. The number of rotatable bonds is 3. The molecule has 11 heteroatoms. The summed E-state index contributed by atoms with van der Waals surface area (Å²) in [5.41, 5.74) is -0.960. The van der Waals surface area contributed by atoms with Crippen LogP contribution in [0, 0.1) is 16.7 Å². The topological polar surface area (TPSA) is 136 Å². The molecule has 3 heterocycles. The first kappa shape index (κ1) is 32.4. The molecule has 5 aliphatic rings. The van der Waals surface area contributed by atoms with Crippen molar-refractivity contribution in [2.24, 2.45) is 16.7 Å². The van der Waals surface area contributed by atoms with Gasteiger partial charge < -0.3 is 33.2 Å². The lowest BCUT2D eigenvalue weighted by atomic mass is 9.51. The molecule has 44 heavy (non-hydrogen) atoms. The van der Waals surface area contributed by atoms with Crippen molar-refractivity contribution in [3.05, 3.63) is 36.0 Å². The lowest BCUT2D eigenvalue weighted by Crippen LogP contribution is -2.67. The second-order valence-corrected chi connectivity index (χ2v) is 13.1. The summed E-state index contributed by atoms with van der Waals surface area (Å²) in [6.07, 6.45) is 6.89. The molecule has 2 aliphatic carbocycles. The summed E-state index contributed by atoms with van der Waals surface area (Å²) in [7, 11) is 0. The smallest absolute Gasteiger partial charge is 0.347 e. The second-order valence-electron chi connectivity index (χ2n) is 13.1. The van der Waals surface area contributed by atoms with E-state index in [1.807, 2.05) is 0 Å². The zero-order valence-electron chi connectivity index (χ0n) is 26.4. The molecule has 0 aromatic heterocycles. The van der Waals surface area contributed by atoms with E-state index in [1.54, 1.807) is 32.1 Å². The Balaban J connectivity index is 1.51. The van der Waals surface area contributed by atoms with Crippen molar-refractivity contribution in [1.82, 2.24) is 0 Å². The fourth-order valence-corrected chi connectivity index (χ4v) is 7.70. The van der Waals surface area contributed by atoms with Crippen molar-refractivity contribution in [3.63, 3.8) is 0 Å². The third-order valence-electron chi connectivity index (χ3n) is 10.3. The van der Waals surface area contributed by atoms with Crippen LogP contribution in [0.3, 0.4) is 0 Å². The fraction of sp³-hybridized carbons (Fsp3) is 0.697. The molecule has 3 aliphatic heterocycles. The van der Waals surface area contributed by atoms with Gasteiger partial charge in [-0.05, 0) is 33.1 Å². The standard InChI is InChI=1S/C33H44O11/c1-19-11-13-32-17-39-30(37)29(42-23(5)35)20(2)12-14-38-24(21(3)41-22(4)34)9-7-8-10-28(36)44-25-16-27(43-26(32)15-19)33(18-40-33)31(25,32)6/h7-10,15,20-21,24-27,29H,11-14,16-18H2,1-6H3/b9-7+,10-8-/t20-,21+,24-,25-,26-,27-,29+,31-,32-,33?/m1/s1. The Hall–Kier alpha value is -3.02. The van der Waals surface area contributed by atoms with Crippen molar-refractivity contribution in [2.45, 2.75) is 109 Å². The van der Waals surface area contributed by atoms with Crippen molar-refractivity contribution in [2.75, 3.05) is 19.8 Å². The molecular weight excluding hydrogens is 572 g/mol. The van der Waals surface area contributed by atoms with Gasteiger partial charge in [0.05, 0.1) is 24.2 Å². The van der Waals surface area contributed by atoms with E-state index in [4.69, 9.17) is 33.2 Å². The van der Waals surface area contributed by atoms with Crippen molar-refractivity contribution >= 4 is 23.9 Å². The van der Waals surface area contributed by atoms with Crippen LogP contribution in [-0.2, 0) is 52.3 Å². The maximum atomic E-state index is 13.7. The van der Waals surface area contributed by atoms with E-state index in [2.05, 4.69) is 19.9 Å². The summed E-state index contributed by atoms with van der Waals surface area (Å²) in [6, 6.07) is 0. The normalized spacial score (nSPS) is 42.7. The van der Waals surface area contributed by atoms with Gasteiger partial charge in [0, 0.05) is 44.3 Å². The first-order valence-electron chi connectivity index (χ1n) is 15.5. The van der Waals surface area contributed by atoms with Gasteiger partial charge in [0.25, 0.3) is 0 Å². The average Bonchev–Trinajstić information content (AvgIpc) is 3.73. The molecule has 0 aromatic carbocycles. The van der Waals surface area contributed by atoms with E-state index in [0.717, 1.165) is 6.42 Å². The molecule has 0 amide bonds. The number of cyclic esters (lactones) is 1. The van der Waals surface area contributed by atoms with E-state index in [9.17, 15) is 19.2 Å². The number of hydrogen-bond donors (Lipinski definition) is 0. The number of esters is 4. The minimum atomic E-state index is -1.16. The highest BCUT2D eigenvalue weighted by Crippen LogP contribution is 2.72. The van der Waals surface area contributed by atoms with Gasteiger partial charge in [-0.25, -0.2) is 9.59 Å². The van der Waals surface area contributed by atoms with Crippen LogP contribution < -0.4 is 0 Å². The van der Waals surface area contributed by atoms with Gasteiger partial charge in [-0.2, -0.15) is 0 Å². The molecule has 0 N–H and O–H groups in total. The van der Waals surface area contributed by atoms with Gasteiger partial charge in [-0.1, -0.05) is 43.7 Å². The summed E-state index contributed by atoms with van der Waals surface area (Å²) in [5.74, 6) is -2.69. The average molecular weight is 617 g/mol. The van der Waals surface area contributed by atoms with Crippen LogP contribution in [0.4, 0.5) is 0 Å². The van der Waals surface area contributed by atoms with Crippen molar-refractivity contribution < 1.29 is 52.3 Å². The van der Waals surface area contributed by atoms with Gasteiger partial charge in [-0.3, -0.25) is 9.59 Å². The monoisotopic (exact) mass is 616 g/mol. The Bertz CT molecular complexity index is 1250. The highest BCUT2D eigenvalue weighted by molar-refractivity contribution is 5.82. The predicted molar refractivity (Wildman–Crippen MR) is 155 cm³/mol. The Morgan fingerprint density at radius 2 is 1.84 bits per heavy atom. The zero-order valence-corrected chi connectivity index (χ0v) is 26.4. The molecule has 0 aromatic rings. The Kier molecular flexibility index (Phi) is 9.13. The van der Waals surface area contributed by atoms with Crippen LogP contribution in [0.2, 0.25) is 0 Å². The van der Waals surface area contributed by atoms with Crippen LogP contribution in [0.15, 0.2) is 36.0 Å². The molecule has 11 nitrogen and oxygen atoms in total. The van der Waals surface area contributed by atoms with Gasteiger partial charge in [0.15, 0.2) is 0 Å². The van der Waals surface area contributed by atoms with Crippen molar-refractivity contribution in [1.29, 1.82) is 0 Å². The third kappa shape index (κ3) is 5.74. The maximum Gasteiger partial charge on any atom is 0.347 e. The first-order valence-corrected chi connectivity index (χ1v) is 15.5. The molecule has 1 saturated carbocycles. The van der Waals surface area contributed by atoms with E-state index < -0.39 is 70.6 Å². The Labute approximate surface area is 258 Å². The van der Waals surface area contributed by atoms with Crippen LogP contribution in [0.5, 0.6) is 0 Å². The van der Waals surface area contributed by atoms with Gasteiger partial charge in [0.1, 0.15) is 30.5 Å². The number of hydrogen-bond acceptors (Lipinski definition) is 11. The first-order chi connectivity index (χ1) is 20.8. The number of carbonyl (C=O) groups excluding carboxylic acids is 4. The Morgan fingerprint density at radius 1 is 1.09 bits per heavy atom. The molecule has 2 saturated heterocycles. The van der Waals surface area contributed by atoms with Crippen LogP contribution >= 0.6 is 0 Å². The van der Waals surface area contributed by atoms with Crippen LogP contribution in [0.1, 0.15) is 67.2 Å². The largest absolute Gasteiger partial charge is 0.462 e. The van der Waals surface area contributed by atoms with Crippen LogP contribution in [-0.4, -0.2) is 85.9 Å². The van der Waals surface area contributed by atoms with Gasteiger partial charge >= 0.3 is 23.9 Å². The fourth-order valence-electron chi connectivity index (χ4n) is 7.70. The zero-order chi connectivity index (χ0) is 31.9. The quantitative estimate of drug-likeness (QED) is 0.199. The summed E-state index contributed by atoms with van der Waals surface area (Å²) in [6.45, 7) is 10.8. The van der Waals surface area contributed by atoms with E-state index in [1.165, 1.54) is 25.5 Å². The Morgan fingerprint density at radius 3 is 2.52 bits per heavy atom. The summed E-state index contributed by atoms with van der Waals surface area (Å²) in [4.78, 5) is 50.5. The highest BCUT2D eigenvalue weighted by Gasteiger charge is 2.83. The number of ether oxygens (including phenoxy) is 7. The minimum Gasteiger partial charge on any atom is -0.462 e. The highest BCUT2D eigenvalue weighted by atomic mass is 16.6. The number of allylic oxidation sites excluding steroid dienone is 3. The van der Waals surface area contributed by atoms with Crippen LogP contribution in [0.25, 0.3) is 0 Å². The molecule has 2 bridgehead atoms. The molecule has 10 atom stereocenters.